The van der Waals surface area contributed by atoms with Gasteiger partial charge in [0.15, 0.2) is 0 Å². The van der Waals surface area contributed by atoms with E-state index in [0.29, 0.717) is 52.2 Å². The number of nitrogens with one attached hydrogen (secondary N) is 2. The van der Waals surface area contributed by atoms with Crippen molar-refractivity contribution in [2.45, 2.75) is 30.9 Å². The Morgan fingerprint density at radius 1 is 1.05 bits per heavy atom. The first-order valence-electron chi connectivity index (χ1n) is 13.3. The highest BCUT2D eigenvalue weighted by molar-refractivity contribution is 7.92. The van der Waals surface area contributed by atoms with Gasteiger partial charge in [0.05, 0.1) is 25.2 Å². The zero-order valence-corrected chi connectivity index (χ0v) is 23.7. The normalized spacial score (nSPS) is 17.2. The summed E-state index contributed by atoms with van der Waals surface area (Å²) in [7, 11) is 0.426. The Kier molecular flexibility index (Phi) is 9.14. The quantitative estimate of drug-likeness (QED) is 0.461. The van der Waals surface area contributed by atoms with Crippen molar-refractivity contribution in [3.63, 3.8) is 0 Å². The Hall–Kier alpha value is -3.15. The minimum absolute atomic E-state index is 0.0428. The number of ether oxygens (including phenoxy) is 1. The first kappa shape index (κ1) is 28.8. The van der Waals surface area contributed by atoms with E-state index in [4.69, 9.17) is 4.74 Å². The van der Waals surface area contributed by atoms with Gasteiger partial charge in [-0.15, -0.1) is 0 Å². The SMILES string of the molecule is CN(C)CCNC(=O)N[C@H](COCc1ccccc1)C(=O)N1CCC2(CC1)CN(S(C)(=O)=O)c1ccccc12. The monoisotopic (exact) mass is 557 g/mol. The van der Waals surface area contributed by atoms with Crippen molar-refractivity contribution in [3.05, 3.63) is 65.7 Å². The molecule has 11 heteroatoms. The summed E-state index contributed by atoms with van der Waals surface area (Å²) in [6.07, 6.45) is 2.50. The number of anilines is 1. The number of likely N-dealkylation sites (tertiary alicyclic amines) is 1. The van der Waals surface area contributed by atoms with Gasteiger partial charge in [-0.25, -0.2) is 13.2 Å². The van der Waals surface area contributed by atoms with Crippen molar-refractivity contribution in [1.29, 1.82) is 0 Å². The summed E-state index contributed by atoms with van der Waals surface area (Å²) >= 11 is 0. The fourth-order valence-electron chi connectivity index (χ4n) is 5.33. The average molecular weight is 558 g/mol. The van der Waals surface area contributed by atoms with Gasteiger partial charge in [-0.3, -0.25) is 9.10 Å². The summed E-state index contributed by atoms with van der Waals surface area (Å²) in [4.78, 5) is 29.9. The lowest BCUT2D eigenvalue weighted by Crippen LogP contribution is -2.56. The van der Waals surface area contributed by atoms with E-state index >= 15 is 0 Å². The number of piperidine rings is 1. The molecule has 2 aromatic rings. The summed E-state index contributed by atoms with van der Waals surface area (Å²) in [5, 5.41) is 5.60. The lowest BCUT2D eigenvalue weighted by molar-refractivity contribution is -0.136. The van der Waals surface area contributed by atoms with Crippen LogP contribution in [0.2, 0.25) is 0 Å². The molecular weight excluding hydrogens is 518 g/mol. The van der Waals surface area contributed by atoms with Gasteiger partial charge >= 0.3 is 6.03 Å². The molecule has 2 aromatic carbocycles. The highest BCUT2D eigenvalue weighted by Crippen LogP contribution is 2.47. The molecule has 0 aliphatic carbocycles. The van der Waals surface area contributed by atoms with Crippen LogP contribution in [0.4, 0.5) is 10.5 Å². The Labute approximate surface area is 231 Å². The summed E-state index contributed by atoms with van der Waals surface area (Å²) in [5.41, 5.74) is 2.38. The molecule has 0 radical (unpaired) electrons. The summed E-state index contributed by atoms with van der Waals surface area (Å²) < 4.78 is 32.3. The first-order valence-corrected chi connectivity index (χ1v) is 15.1. The Bertz CT molecular complexity index is 1250. The third kappa shape index (κ3) is 7.09. The number of urea groups is 1. The number of fused-ring (bicyclic) bond motifs is 2. The molecular formula is C28H39N5O5S. The van der Waals surface area contributed by atoms with E-state index in [1.165, 1.54) is 10.6 Å². The van der Waals surface area contributed by atoms with E-state index in [1.807, 2.05) is 73.6 Å². The van der Waals surface area contributed by atoms with Crippen LogP contribution in [0.3, 0.4) is 0 Å². The maximum atomic E-state index is 13.6. The number of benzene rings is 2. The molecule has 1 saturated heterocycles. The number of carbonyl (C=O) groups excluding carboxylic acids is 2. The largest absolute Gasteiger partial charge is 0.374 e. The molecule has 10 nitrogen and oxygen atoms in total. The minimum atomic E-state index is -3.42. The number of likely N-dealkylation sites (N-methyl/N-ethyl adjacent to an activating group) is 1. The molecule has 0 saturated carbocycles. The van der Waals surface area contributed by atoms with Gasteiger partial charge in [-0.05, 0) is 44.1 Å². The van der Waals surface area contributed by atoms with Crippen molar-refractivity contribution in [1.82, 2.24) is 20.4 Å². The van der Waals surface area contributed by atoms with E-state index in [0.717, 1.165) is 16.8 Å². The van der Waals surface area contributed by atoms with Crippen molar-refractivity contribution >= 4 is 27.6 Å². The van der Waals surface area contributed by atoms with E-state index < -0.39 is 22.1 Å². The second kappa shape index (κ2) is 12.4. The van der Waals surface area contributed by atoms with Gasteiger partial charge < -0.3 is 25.2 Å². The van der Waals surface area contributed by atoms with Crippen LogP contribution in [0, 0.1) is 0 Å². The fourth-order valence-corrected chi connectivity index (χ4v) is 6.33. The molecule has 0 aromatic heterocycles. The predicted molar refractivity (Wildman–Crippen MR) is 151 cm³/mol. The van der Waals surface area contributed by atoms with Crippen LogP contribution >= 0.6 is 0 Å². The van der Waals surface area contributed by atoms with Gasteiger partial charge in [0.1, 0.15) is 6.04 Å². The molecule has 2 aliphatic heterocycles. The second-order valence-electron chi connectivity index (χ2n) is 10.6. The topological polar surface area (TPSA) is 111 Å². The molecule has 0 unspecified atom stereocenters. The van der Waals surface area contributed by atoms with Crippen LogP contribution in [0.25, 0.3) is 0 Å². The van der Waals surface area contributed by atoms with Crippen LogP contribution in [0.1, 0.15) is 24.0 Å². The van der Waals surface area contributed by atoms with Crippen molar-refractivity contribution in [3.8, 4) is 0 Å². The number of para-hydroxylation sites is 1. The second-order valence-corrected chi connectivity index (χ2v) is 12.6. The standard InChI is InChI=1S/C28H39N5O5S/c1-31(2)18-15-29-27(35)30-24(20-38-19-22-9-5-4-6-10-22)26(34)32-16-13-28(14-17-32)21-33(39(3,36)37)25-12-8-7-11-23(25)28/h4-12,24H,13-21H2,1-3H3,(H2,29,30,35)/t24-/m1/s1. The molecule has 212 valence electrons. The highest BCUT2D eigenvalue weighted by atomic mass is 32.2. The number of sulfonamides is 1. The van der Waals surface area contributed by atoms with Crippen LogP contribution in [-0.2, 0) is 31.6 Å². The summed E-state index contributed by atoms with van der Waals surface area (Å²) in [6, 6.07) is 16.0. The molecule has 2 aliphatic rings. The molecule has 2 heterocycles. The molecule has 4 rings (SSSR count). The van der Waals surface area contributed by atoms with Gasteiger partial charge in [0, 0.05) is 38.1 Å². The number of hydrogen-bond donors (Lipinski definition) is 2. The Balaban J connectivity index is 1.42. The molecule has 3 amide bonds. The summed E-state index contributed by atoms with van der Waals surface area (Å²) in [5.74, 6) is -0.202. The molecule has 2 N–H and O–H groups in total. The third-order valence-electron chi connectivity index (χ3n) is 7.47. The molecule has 1 fully saturated rings. The van der Waals surface area contributed by atoms with Gasteiger partial charge in [0.25, 0.3) is 0 Å². The van der Waals surface area contributed by atoms with E-state index in [2.05, 4.69) is 10.6 Å². The molecule has 1 atom stereocenters. The van der Waals surface area contributed by atoms with E-state index in [-0.39, 0.29) is 17.9 Å². The average Bonchev–Trinajstić information content (AvgIpc) is 3.23. The van der Waals surface area contributed by atoms with Gasteiger partial charge in [-0.2, -0.15) is 0 Å². The summed E-state index contributed by atoms with van der Waals surface area (Å²) in [6.45, 7) is 2.80. The molecule has 0 bridgehead atoms. The van der Waals surface area contributed by atoms with Crippen molar-refractivity contribution in [2.75, 3.05) is 64.0 Å². The minimum Gasteiger partial charge on any atom is -0.374 e. The zero-order chi connectivity index (χ0) is 28.0. The zero-order valence-electron chi connectivity index (χ0n) is 22.9. The Morgan fingerprint density at radius 2 is 1.72 bits per heavy atom. The lowest BCUT2D eigenvalue weighted by Gasteiger charge is -2.40. The lowest BCUT2D eigenvalue weighted by atomic mass is 9.74. The van der Waals surface area contributed by atoms with Gasteiger partial charge in [0.2, 0.25) is 15.9 Å². The van der Waals surface area contributed by atoms with Crippen molar-refractivity contribution in [2.24, 2.45) is 0 Å². The van der Waals surface area contributed by atoms with E-state index in [1.54, 1.807) is 4.90 Å². The van der Waals surface area contributed by atoms with Gasteiger partial charge in [-0.1, -0.05) is 48.5 Å². The third-order valence-corrected chi connectivity index (χ3v) is 8.59. The maximum Gasteiger partial charge on any atom is 0.315 e. The number of amides is 3. The van der Waals surface area contributed by atoms with Crippen LogP contribution < -0.4 is 14.9 Å². The Morgan fingerprint density at radius 3 is 2.38 bits per heavy atom. The maximum absolute atomic E-state index is 13.6. The number of nitrogens with zero attached hydrogens (tertiary/aromatic N) is 3. The highest BCUT2D eigenvalue weighted by Gasteiger charge is 2.47. The van der Waals surface area contributed by atoms with Crippen LogP contribution in [0.5, 0.6) is 0 Å². The van der Waals surface area contributed by atoms with Crippen molar-refractivity contribution < 1.29 is 22.7 Å². The number of rotatable bonds is 10. The predicted octanol–water partition coefficient (Wildman–Crippen LogP) is 1.77. The molecule has 1 spiro atoms. The van der Waals surface area contributed by atoms with Crippen LogP contribution in [-0.4, -0.2) is 95.9 Å². The fraction of sp³-hybridized carbons (Fsp3) is 0.500. The molecule has 39 heavy (non-hydrogen) atoms. The number of hydrogen-bond acceptors (Lipinski definition) is 6. The number of carbonyl (C=O) groups is 2. The smallest absolute Gasteiger partial charge is 0.315 e. The van der Waals surface area contributed by atoms with E-state index in [9.17, 15) is 18.0 Å². The first-order chi connectivity index (χ1) is 18.6. The van der Waals surface area contributed by atoms with Crippen LogP contribution in [0.15, 0.2) is 54.6 Å².